The first-order valence-corrected chi connectivity index (χ1v) is 13.4. The molecule has 3 N–H and O–H groups in total. The van der Waals surface area contributed by atoms with Crippen molar-refractivity contribution in [1.82, 2.24) is 0 Å². The van der Waals surface area contributed by atoms with E-state index in [1.807, 2.05) is 49.4 Å². The summed E-state index contributed by atoms with van der Waals surface area (Å²) in [5.41, 5.74) is -0.101. The van der Waals surface area contributed by atoms with Crippen molar-refractivity contribution < 1.29 is 24.2 Å². The van der Waals surface area contributed by atoms with Crippen LogP contribution in [-0.4, -0.2) is 34.9 Å². The summed E-state index contributed by atoms with van der Waals surface area (Å²) in [5.74, 6) is -4.42. The van der Waals surface area contributed by atoms with Crippen molar-refractivity contribution in [3.05, 3.63) is 103 Å². The minimum Gasteiger partial charge on any atom is -0.494 e. The molecule has 1 aliphatic rings. The van der Waals surface area contributed by atoms with Crippen molar-refractivity contribution in [2.75, 3.05) is 17.2 Å². The van der Waals surface area contributed by atoms with E-state index < -0.39 is 41.0 Å². The van der Waals surface area contributed by atoms with Crippen LogP contribution in [0.5, 0.6) is 5.75 Å². The molecule has 0 aromatic heterocycles. The lowest BCUT2D eigenvalue weighted by Gasteiger charge is -2.45. The van der Waals surface area contributed by atoms with Gasteiger partial charge in [0.2, 0.25) is 11.8 Å². The third-order valence-corrected chi connectivity index (χ3v) is 7.48. The summed E-state index contributed by atoms with van der Waals surface area (Å²) in [6.45, 7) is 3.68. The fourth-order valence-corrected chi connectivity index (χ4v) is 5.82. The average Bonchev–Trinajstić information content (AvgIpc) is 2.93. The van der Waals surface area contributed by atoms with Gasteiger partial charge in [-0.2, -0.15) is 0 Å². The molecule has 1 fully saturated rings. The molecule has 204 valence electrons. The number of para-hydroxylation sites is 2. The summed E-state index contributed by atoms with van der Waals surface area (Å²) in [6, 6.07) is 29.1. The van der Waals surface area contributed by atoms with Gasteiger partial charge in [-0.25, -0.2) is 0 Å². The molecule has 4 atom stereocenters. The smallest absolute Gasteiger partial charge is 0.235 e. The van der Waals surface area contributed by atoms with E-state index in [1.54, 1.807) is 54.6 Å². The number of carbonyl (C=O) groups is 3. The van der Waals surface area contributed by atoms with Crippen molar-refractivity contribution in [2.24, 2.45) is 11.8 Å². The zero-order valence-electron chi connectivity index (χ0n) is 22.5. The Labute approximate surface area is 233 Å². The summed E-state index contributed by atoms with van der Waals surface area (Å²) < 4.78 is 6.04. The first kappa shape index (κ1) is 27.1. The van der Waals surface area contributed by atoms with Crippen LogP contribution in [0.4, 0.5) is 11.4 Å². The van der Waals surface area contributed by atoms with Crippen LogP contribution in [0.25, 0.3) is 10.8 Å². The summed E-state index contributed by atoms with van der Waals surface area (Å²) >= 11 is 0. The van der Waals surface area contributed by atoms with E-state index in [1.165, 1.54) is 6.92 Å². The Bertz CT molecular complexity index is 1530. The van der Waals surface area contributed by atoms with Crippen LogP contribution in [0.3, 0.4) is 0 Å². The van der Waals surface area contributed by atoms with E-state index in [2.05, 4.69) is 10.6 Å². The van der Waals surface area contributed by atoms with Gasteiger partial charge in [0.15, 0.2) is 0 Å². The molecule has 5 rings (SSSR count). The highest BCUT2D eigenvalue weighted by Crippen LogP contribution is 2.50. The maximum atomic E-state index is 14.1. The molecule has 7 nitrogen and oxygen atoms in total. The van der Waals surface area contributed by atoms with Gasteiger partial charge in [0.05, 0.1) is 18.1 Å². The van der Waals surface area contributed by atoms with Gasteiger partial charge < -0.3 is 20.5 Å². The van der Waals surface area contributed by atoms with Crippen LogP contribution < -0.4 is 15.4 Å². The molecule has 0 spiro atoms. The van der Waals surface area contributed by atoms with Crippen molar-refractivity contribution in [1.29, 1.82) is 0 Å². The standard InChI is InChI=1S/C33H32N2O5/c1-3-40-26-19-18-21-12-10-11-17-24(21)27(26)29-28(31(37)34-22-13-6-4-7-14-22)25(36)20-33(2,39)30(29)32(38)35-23-15-8-5-9-16-23/h4-19,28-30,39H,3,20H2,1-2H3,(H,34,37)(H,35,38). The van der Waals surface area contributed by atoms with E-state index in [0.717, 1.165) is 10.8 Å². The minimum absolute atomic E-state index is 0.337. The highest BCUT2D eigenvalue weighted by atomic mass is 16.5. The first-order chi connectivity index (χ1) is 19.3. The first-order valence-electron chi connectivity index (χ1n) is 13.4. The van der Waals surface area contributed by atoms with Crippen LogP contribution in [0.15, 0.2) is 97.1 Å². The molecule has 2 amide bonds. The lowest BCUT2D eigenvalue weighted by Crippen LogP contribution is -2.56. The molecular weight excluding hydrogens is 504 g/mol. The van der Waals surface area contributed by atoms with Gasteiger partial charge in [0.1, 0.15) is 17.5 Å². The van der Waals surface area contributed by atoms with Crippen molar-refractivity contribution in [2.45, 2.75) is 31.8 Å². The minimum atomic E-state index is -1.73. The van der Waals surface area contributed by atoms with Gasteiger partial charge in [0, 0.05) is 29.3 Å². The number of benzene rings is 4. The van der Waals surface area contributed by atoms with Crippen molar-refractivity contribution in [3.63, 3.8) is 0 Å². The molecule has 0 heterocycles. The van der Waals surface area contributed by atoms with Crippen molar-refractivity contribution in [3.8, 4) is 5.75 Å². The van der Waals surface area contributed by atoms with Gasteiger partial charge >= 0.3 is 0 Å². The van der Waals surface area contributed by atoms with Crippen LogP contribution in [-0.2, 0) is 14.4 Å². The Morgan fingerprint density at radius 2 is 1.43 bits per heavy atom. The fourth-order valence-electron chi connectivity index (χ4n) is 5.82. The molecule has 0 saturated heterocycles. The summed E-state index contributed by atoms with van der Waals surface area (Å²) in [7, 11) is 0. The quantitative estimate of drug-likeness (QED) is 0.269. The molecule has 4 aromatic rings. The van der Waals surface area contributed by atoms with E-state index in [9.17, 15) is 19.5 Å². The van der Waals surface area contributed by atoms with Crippen LogP contribution >= 0.6 is 0 Å². The fraction of sp³-hybridized carbons (Fsp3) is 0.242. The molecule has 1 saturated carbocycles. The van der Waals surface area contributed by atoms with E-state index in [4.69, 9.17) is 4.74 Å². The van der Waals surface area contributed by atoms with Crippen LogP contribution in [0.2, 0.25) is 0 Å². The number of fused-ring (bicyclic) bond motifs is 1. The number of aliphatic hydroxyl groups is 1. The molecule has 0 bridgehead atoms. The number of amides is 2. The highest BCUT2D eigenvalue weighted by Gasteiger charge is 2.57. The zero-order chi connectivity index (χ0) is 28.3. The normalized spacial score (nSPS) is 22.5. The molecular formula is C33H32N2O5. The number of ketones is 1. The lowest BCUT2D eigenvalue weighted by molar-refractivity contribution is -0.150. The lowest BCUT2D eigenvalue weighted by atomic mass is 9.60. The number of hydrogen-bond donors (Lipinski definition) is 3. The Hall–Kier alpha value is -4.49. The summed E-state index contributed by atoms with van der Waals surface area (Å²) in [4.78, 5) is 41.7. The Morgan fingerprint density at radius 3 is 2.05 bits per heavy atom. The van der Waals surface area contributed by atoms with Crippen LogP contribution in [0.1, 0.15) is 31.7 Å². The average molecular weight is 537 g/mol. The number of rotatable bonds is 7. The predicted molar refractivity (Wildman–Crippen MR) is 155 cm³/mol. The van der Waals surface area contributed by atoms with Gasteiger partial charge in [0.25, 0.3) is 0 Å². The van der Waals surface area contributed by atoms with Gasteiger partial charge in [-0.1, -0.05) is 66.7 Å². The number of nitrogens with one attached hydrogen (secondary N) is 2. The van der Waals surface area contributed by atoms with E-state index >= 15 is 0 Å². The number of hydrogen-bond acceptors (Lipinski definition) is 5. The number of ether oxygens (including phenoxy) is 1. The summed E-state index contributed by atoms with van der Waals surface area (Å²) in [6.07, 6.45) is -0.349. The molecule has 7 heteroatoms. The van der Waals surface area contributed by atoms with Gasteiger partial charge in [-0.15, -0.1) is 0 Å². The van der Waals surface area contributed by atoms with E-state index in [-0.39, 0.29) is 6.42 Å². The Balaban J connectivity index is 1.71. The zero-order valence-corrected chi connectivity index (χ0v) is 22.5. The third-order valence-electron chi connectivity index (χ3n) is 7.48. The topological polar surface area (TPSA) is 105 Å². The molecule has 1 aliphatic carbocycles. The number of carbonyl (C=O) groups excluding carboxylic acids is 3. The molecule has 0 radical (unpaired) electrons. The predicted octanol–water partition coefficient (Wildman–Crippen LogP) is 5.56. The summed E-state index contributed by atoms with van der Waals surface area (Å²) in [5, 5.41) is 19.1. The third kappa shape index (κ3) is 5.33. The SMILES string of the molecule is CCOc1ccc2ccccc2c1C1C(C(=O)Nc2ccccc2)C(=O)CC(C)(O)C1C(=O)Nc1ccccc1. The number of anilines is 2. The monoisotopic (exact) mass is 536 g/mol. The Kier molecular flexibility index (Phi) is 7.67. The van der Waals surface area contributed by atoms with Crippen LogP contribution in [0, 0.1) is 11.8 Å². The second-order valence-corrected chi connectivity index (χ2v) is 10.3. The Morgan fingerprint density at radius 1 is 0.850 bits per heavy atom. The van der Waals surface area contributed by atoms with Gasteiger partial charge in [-0.05, 0) is 55.0 Å². The van der Waals surface area contributed by atoms with E-state index in [0.29, 0.717) is 29.3 Å². The highest BCUT2D eigenvalue weighted by molar-refractivity contribution is 6.11. The second-order valence-electron chi connectivity index (χ2n) is 10.3. The van der Waals surface area contributed by atoms with Gasteiger partial charge in [-0.3, -0.25) is 14.4 Å². The molecule has 40 heavy (non-hydrogen) atoms. The molecule has 0 aliphatic heterocycles. The molecule has 4 aromatic carbocycles. The largest absolute Gasteiger partial charge is 0.494 e. The number of Topliss-reactive ketones (excluding diaryl/α,β-unsaturated/α-hetero) is 1. The molecule has 4 unspecified atom stereocenters. The maximum Gasteiger partial charge on any atom is 0.235 e. The second kappa shape index (κ2) is 11.3. The maximum absolute atomic E-state index is 14.1. The van der Waals surface area contributed by atoms with Crippen molar-refractivity contribution >= 4 is 39.7 Å².